The number of ether oxygens (including phenoxy) is 1. The molecule has 0 bridgehead atoms. The highest BCUT2D eigenvalue weighted by Crippen LogP contribution is 2.50. The van der Waals surface area contributed by atoms with E-state index >= 15 is 0 Å². The number of halogens is 1. The lowest BCUT2D eigenvalue weighted by molar-refractivity contribution is -0.160. The van der Waals surface area contributed by atoms with Crippen molar-refractivity contribution >= 4 is 27.8 Å². The number of carboxylic acid groups (broad SMARTS) is 1. The van der Waals surface area contributed by atoms with Crippen LogP contribution in [0, 0.1) is 0 Å². The van der Waals surface area contributed by atoms with Gasteiger partial charge in [0.05, 0.1) is 18.6 Å². The van der Waals surface area contributed by atoms with Gasteiger partial charge < -0.3 is 14.7 Å². The first-order valence-electron chi connectivity index (χ1n) is 6.93. The highest BCUT2D eigenvalue weighted by atomic mass is 79.9. The summed E-state index contributed by atoms with van der Waals surface area (Å²) in [7, 11) is 0. The number of carboxylic acids is 1. The minimum Gasteiger partial charge on any atom is -0.479 e. The van der Waals surface area contributed by atoms with Gasteiger partial charge in [0, 0.05) is 11.0 Å². The molecule has 1 aromatic rings. The number of hydrogen-bond donors (Lipinski definition) is 1. The minimum atomic E-state index is -1.01. The molecule has 112 valence electrons. The molecule has 1 saturated carbocycles. The van der Waals surface area contributed by atoms with Gasteiger partial charge in [0.1, 0.15) is 0 Å². The largest absolute Gasteiger partial charge is 0.479 e. The van der Waals surface area contributed by atoms with E-state index in [4.69, 9.17) is 9.84 Å². The maximum Gasteiger partial charge on any atom is 0.334 e. The van der Waals surface area contributed by atoms with E-state index in [-0.39, 0.29) is 19.1 Å². The van der Waals surface area contributed by atoms with Crippen molar-refractivity contribution in [2.45, 2.75) is 24.4 Å². The van der Waals surface area contributed by atoms with Crippen LogP contribution in [-0.2, 0) is 19.7 Å². The number of hydrogen-bond acceptors (Lipinski definition) is 3. The van der Waals surface area contributed by atoms with E-state index in [0.717, 1.165) is 22.9 Å². The van der Waals surface area contributed by atoms with Crippen LogP contribution in [0.25, 0.3) is 0 Å². The molecule has 0 radical (unpaired) electrons. The van der Waals surface area contributed by atoms with Gasteiger partial charge in [0.15, 0.2) is 6.10 Å². The number of carbonyl (C=O) groups is 2. The summed E-state index contributed by atoms with van der Waals surface area (Å²) in [6.45, 7) is 0.868. The zero-order valence-corrected chi connectivity index (χ0v) is 13.0. The fourth-order valence-corrected chi connectivity index (χ4v) is 3.07. The molecule has 1 heterocycles. The lowest BCUT2D eigenvalue weighted by Gasteiger charge is -2.33. The van der Waals surface area contributed by atoms with Crippen molar-refractivity contribution in [3.63, 3.8) is 0 Å². The van der Waals surface area contributed by atoms with E-state index in [1.165, 1.54) is 0 Å². The number of amides is 1. The molecule has 0 spiro atoms. The molecular formula is C15H16BrNO4. The van der Waals surface area contributed by atoms with Crippen molar-refractivity contribution < 1.29 is 19.4 Å². The van der Waals surface area contributed by atoms with E-state index in [1.54, 1.807) is 4.90 Å². The van der Waals surface area contributed by atoms with Crippen LogP contribution in [-0.4, -0.2) is 47.7 Å². The van der Waals surface area contributed by atoms with Crippen molar-refractivity contribution in [2.75, 3.05) is 19.7 Å². The predicted octanol–water partition coefficient (Wildman–Crippen LogP) is 1.79. The molecule has 0 aromatic heterocycles. The number of rotatable bonds is 3. The topological polar surface area (TPSA) is 66.8 Å². The summed E-state index contributed by atoms with van der Waals surface area (Å²) in [6, 6.07) is 7.79. The second-order valence-corrected chi connectivity index (χ2v) is 6.45. The second kappa shape index (κ2) is 5.42. The molecule has 1 atom stereocenters. The molecule has 3 rings (SSSR count). The molecule has 6 heteroatoms. The fourth-order valence-electron chi connectivity index (χ4n) is 2.81. The molecule has 21 heavy (non-hydrogen) atoms. The standard InChI is InChI=1S/C15H16BrNO4/c16-11-3-1-10(2-4-11)15(5-6-15)14(20)17-7-8-21-12(9-17)13(18)19/h1-4,12H,5-9H2,(H,18,19). The minimum absolute atomic E-state index is 0.0272. The van der Waals surface area contributed by atoms with Crippen molar-refractivity contribution in [3.05, 3.63) is 34.3 Å². The summed E-state index contributed by atoms with van der Waals surface area (Å²) in [4.78, 5) is 25.5. The Morgan fingerprint density at radius 1 is 1.29 bits per heavy atom. The highest BCUT2D eigenvalue weighted by Gasteiger charge is 2.53. The zero-order valence-electron chi connectivity index (χ0n) is 11.4. The van der Waals surface area contributed by atoms with Crippen LogP contribution in [0.4, 0.5) is 0 Å². The molecule has 5 nitrogen and oxygen atoms in total. The molecule has 2 fully saturated rings. The summed E-state index contributed by atoms with van der Waals surface area (Å²) in [5.41, 5.74) is 0.551. The van der Waals surface area contributed by atoms with E-state index in [2.05, 4.69) is 15.9 Å². The molecule has 1 aliphatic heterocycles. The third-order valence-electron chi connectivity index (χ3n) is 4.19. The average molecular weight is 354 g/mol. The Hall–Kier alpha value is -1.40. The molecular weight excluding hydrogens is 338 g/mol. The number of aliphatic carboxylic acids is 1. The number of carbonyl (C=O) groups excluding carboxylic acids is 1. The van der Waals surface area contributed by atoms with Crippen molar-refractivity contribution in [2.24, 2.45) is 0 Å². The summed E-state index contributed by atoms with van der Waals surface area (Å²) in [5, 5.41) is 9.04. The monoisotopic (exact) mass is 353 g/mol. The molecule has 1 unspecified atom stereocenters. The maximum absolute atomic E-state index is 12.8. The van der Waals surface area contributed by atoms with Crippen LogP contribution in [0.15, 0.2) is 28.7 Å². The average Bonchev–Trinajstić information content (AvgIpc) is 3.29. The van der Waals surface area contributed by atoms with E-state index in [9.17, 15) is 9.59 Å². The van der Waals surface area contributed by atoms with Crippen molar-refractivity contribution in [1.29, 1.82) is 0 Å². The van der Waals surface area contributed by atoms with Crippen LogP contribution < -0.4 is 0 Å². The zero-order chi connectivity index (χ0) is 15.0. The lowest BCUT2D eigenvalue weighted by Crippen LogP contribution is -2.51. The Labute approximate surface area is 131 Å². The Bertz CT molecular complexity index is 568. The van der Waals surface area contributed by atoms with E-state index in [0.29, 0.717) is 6.54 Å². The van der Waals surface area contributed by atoms with Crippen LogP contribution in [0.2, 0.25) is 0 Å². The Morgan fingerprint density at radius 3 is 2.52 bits per heavy atom. The highest BCUT2D eigenvalue weighted by molar-refractivity contribution is 9.10. The Balaban J connectivity index is 1.78. The SMILES string of the molecule is O=C(O)C1CN(C(=O)C2(c3ccc(Br)cc3)CC2)CCO1. The van der Waals surface area contributed by atoms with Gasteiger partial charge in [-0.3, -0.25) is 4.79 Å². The Morgan fingerprint density at radius 2 is 1.95 bits per heavy atom. The molecule has 1 amide bonds. The van der Waals surface area contributed by atoms with Gasteiger partial charge >= 0.3 is 5.97 Å². The smallest absolute Gasteiger partial charge is 0.334 e. The van der Waals surface area contributed by atoms with E-state index in [1.807, 2.05) is 24.3 Å². The first-order chi connectivity index (χ1) is 10.0. The summed E-state index contributed by atoms with van der Waals surface area (Å²) in [5.74, 6) is -0.986. The molecule has 2 aliphatic rings. The third-order valence-corrected chi connectivity index (χ3v) is 4.71. The van der Waals surface area contributed by atoms with Gasteiger partial charge in [-0.15, -0.1) is 0 Å². The number of nitrogens with zero attached hydrogens (tertiary/aromatic N) is 1. The fraction of sp³-hybridized carbons (Fsp3) is 0.467. The van der Waals surface area contributed by atoms with Gasteiger partial charge in [-0.2, -0.15) is 0 Å². The first kappa shape index (κ1) is 14.5. The van der Waals surface area contributed by atoms with Gasteiger partial charge in [-0.05, 0) is 30.5 Å². The van der Waals surface area contributed by atoms with Crippen LogP contribution >= 0.6 is 15.9 Å². The van der Waals surface area contributed by atoms with Crippen LogP contribution in [0.5, 0.6) is 0 Å². The first-order valence-corrected chi connectivity index (χ1v) is 7.72. The summed E-state index contributed by atoms with van der Waals surface area (Å²) in [6.07, 6.45) is 0.730. The van der Waals surface area contributed by atoms with Gasteiger partial charge in [-0.1, -0.05) is 28.1 Å². The summed E-state index contributed by atoms with van der Waals surface area (Å²) < 4.78 is 6.15. The lowest BCUT2D eigenvalue weighted by atomic mass is 9.94. The van der Waals surface area contributed by atoms with Gasteiger partial charge in [-0.25, -0.2) is 4.79 Å². The van der Waals surface area contributed by atoms with Crippen LogP contribution in [0.3, 0.4) is 0 Å². The molecule has 1 aliphatic carbocycles. The second-order valence-electron chi connectivity index (χ2n) is 5.54. The number of morpholine rings is 1. The van der Waals surface area contributed by atoms with Crippen LogP contribution in [0.1, 0.15) is 18.4 Å². The van der Waals surface area contributed by atoms with Gasteiger partial charge in [0.25, 0.3) is 0 Å². The molecule has 1 saturated heterocycles. The maximum atomic E-state index is 12.8. The summed E-state index contributed by atoms with van der Waals surface area (Å²) >= 11 is 3.39. The van der Waals surface area contributed by atoms with Gasteiger partial charge in [0.2, 0.25) is 5.91 Å². The molecule has 1 N–H and O–H groups in total. The normalized spacial score (nSPS) is 23.7. The molecule has 1 aromatic carbocycles. The van der Waals surface area contributed by atoms with Crippen molar-refractivity contribution in [3.8, 4) is 0 Å². The van der Waals surface area contributed by atoms with E-state index < -0.39 is 17.5 Å². The number of benzene rings is 1. The third kappa shape index (κ3) is 2.70. The predicted molar refractivity (Wildman–Crippen MR) is 79.0 cm³/mol. The quantitative estimate of drug-likeness (QED) is 0.899. The van der Waals surface area contributed by atoms with Crippen molar-refractivity contribution in [1.82, 2.24) is 4.90 Å². The Kier molecular flexibility index (Phi) is 3.75.